The Bertz CT molecular complexity index is 257. The van der Waals surface area contributed by atoms with Crippen LogP contribution in [-0.2, 0) is 9.53 Å². The summed E-state index contributed by atoms with van der Waals surface area (Å²) >= 11 is 0. The van der Waals surface area contributed by atoms with Crippen LogP contribution in [0.1, 0.15) is 26.2 Å². The lowest BCUT2D eigenvalue weighted by Crippen LogP contribution is -2.49. The second-order valence-corrected chi connectivity index (χ2v) is 5.07. The van der Waals surface area contributed by atoms with Gasteiger partial charge in [-0.15, -0.1) is 0 Å². The quantitative estimate of drug-likeness (QED) is 0.750. The number of piperidine rings is 1. The van der Waals surface area contributed by atoms with E-state index in [1.165, 1.54) is 6.42 Å². The van der Waals surface area contributed by atoms with E-state index in [-0.39, 0.29) is 18.1 Å². The van der Waals surface area contributed by atoms with Crippen LogP contribution in [0.3, 0.4) is 0 Å². The third-order valence-electron chi connectivity index (χ3n) is 3.75. The normalized spacial score (nSPS) is 35.4. The van der Waals surface area contributed by atoms with E-state index in [9.17, 15) is 4.79 Å². The van der Waals surface area contributed by atoms with Gasteiger partial charge in [-0.2, -0.15) is 0 Å². The Labute approximate surface area is 97.3 Å². The number of rotatable bonds is 2. The van der Waals surface area contributed by atoms with Gasteiger partial charge in [0, 0.05) is 20.2 Å². The molecule has 0 aliphatic carbocycles. The van der Waals surface area contributed by atoms with Gasteiger partial charge >= 0.3 is 0 Å². The zero-order valence-electron chi connectivity index (χ0n) is 10.2. The maximum absolute atomic E-state index is 12.2. The highest BCUT2D eigenvalue weighted by Crippen LogP contribution is 2.19. The molecule has 2 fully saturated rings. The molecule has 0 aromatic carbocycles. The van der Waals surface area contributed by atoms with Crippen LogP contribution < -0.4 is 5.32 Å². The molecule has 16 heavy (non-hydrogen) atoms. The van der Waals surface area contributed by atoms with Gasteiger partial charge in [-0.25, -0.2) is 0 Å². The molecule has 0 aromatic heterocycles. The van der Waals surface area contributed by atoms with Crippen molar-refractivity contribution < 1.29 is 9.53 Å². The van der Waals surface area contributed by atoms with E-state index in [4.69, 9.17) is 4.74 Å². The van der Waals surface area contributed by atoms with Crippen LogP contribution in [-0.4, -0.2) is 49.7 Å². The Morgan fingerprint density at radius 1 is 1.44 bits per heavy atom. The number of ether oxygens (including phenoxy) is 1. The molecule has 92 valence electrons. The number of nitrogens with zero attached hydrogens (tertiary/aromatic N) is 1. The third-order valence-corrected chi connectivity index (χ3v) is 3.75. The van der Waals surface area contributed by atoms with Gasteiger partial charge < -0.3 is 15.0 Å². The molecule has 1 amide bonds. The molecule has 3 unspecified atom stereocenters. The van der Waals surface area contributed by atoms with Crippen molar-refractivity contribution >= 4 is 5.91 Å². The number of likely N-dealkylation sites (tertiary alicyclic amines) is 1. The summed E-state index contributed by atoms with van der Waals surface area (Å²) in [5.41, 5.74) is 0. The summed E-state index contributed by atoms with van der Waals surface area (Å²) in [7, 11) is 1.72. The van der Waals surface area contributed by atoms with E-state index >= 15 is 0 Å². The molecule has 1 N–H and O–H groups in total. The monoisotopic (exact) mass is 226 g/mol. The molecule has 2 aliphatic rings. The highest BCUT2D eigenvalue weighted by Gasteiger charge is 2.32. The molecular formula is C12H22N2O2. The second-order valence-electron chi connectivity index (χ2n) is 5.07. The number of hydrogen-bond donors (Lipinski definition) is 1. The van der Waals surface area contributed by atoms with Gasteiger partial charge in [-0.05, 0) is 31.7 Å². The van der Waals surface area contributed by atoms with Crippen molar-refractivity contribution in [2.75, 3.05) is 26.7 Å². The zero-order valence-corrected chi connectivity index (χ0v) is 10.2. The SMILES string of the molecule is COC1CCN(C(=O)C2CC(C)CCN2)C1. The lowest BCUT2D eigenvalue weighted by molar-refractivity contribution is -0.133. The van der Waals surface area contributed by atoms with Crippen LogP contribution >= 0.6 is 0 Å². The first-order valence-electron chi connectivity index (χ1n) is 6.25. The first-order valence-corrected chi connectivity index (χ1v) is 6.25. The first-order chi connectivity index (χ1) is 7.70. The van der Waals surface area contributed by atoms with Crippen LogP contribution in [0.4, 0.5) is 0 Å². The minimum Gasteiger partial charge on any atom is -0.380 e. The van der Waals surface area contributed by atoms with Crippen LogP contribution in [0.5, 0.6) is 0 Å². The first kappa shape index (κ1) is 11.9. The summed E-state index contributed by atoms with van der Waals surface area (Å²) in [6, 6.07) is 0.0411. The second kappa shape index (κ2) is 5.15. The molecule has 0 saturated carbocycles. The number of hydrogen-bond acceptors (Lipinski definition) is 3. The summed E-state index contributed by atoms with van der Waals surface area (Å²) < 4.78 is 5.29. The number of methoxy groups -OCH3 is 1. The summed E-state index contributed by atoms with van der Waals surface area (Å²) in [5, 5.41) is 3.33. The summed E-state index contributed by atoms with van der Waals surface area (Å²) in [6.07, 6.45) is 3.38. The Morgan fingerprint density at radius 3 is 2.88 bits per heavy atom. The third kappa shape index (κ3) is 2.55. The predicted molar refractivity (Wildman–Crippen MR) is 62.2 cm³/mol. The smallest absolute Gasteiger partial charge is 0.239 e. The molecule has 4 nitrogen and oxygen atoms in total. The average Bonchev–Trinajstić information content (AvgIpc) is 2.76. The van der Waals surface area contributed by atoms with Gasteiger partial charge in [0.15, 0.2) is 0 Å². The molecule has 2 saturated heterocycles. The zero-order chi connectivity index (χ0) is 11.5. The van der Waals surface area contributed by atoms with E-state index in [2.05, 4.69) is 12.2 Å². The van der Waals surface area contributed by atoms with E-state index in [0.717, 1.165) is 32.5 Å². The molecule has 4 heteroatoms. The number of amides is 1. The summed E-state index contributed by atoms with van der Waals surface area (Å²) in [6.45, 7) is 4.81. The molecule has 2 heterocycles. The van der Waals surface area contributed by atoms with Gasteiger partial charge in [0.2, 0.25) is 5.91 Å². The van der Waals surface area contributed by atoms with Gasteiger partial charge in [-0.3, -0.25) is 4.79 Å². The summed E-state index contributed by atoms with van der Waals surface area (Å²) in [4.78, 5) is 14.2. The Hall–Kier alpha value is -0.610. The van der Waals surface area contributed by atoms with E-state index in [0.29, 0.717) is 5.92 Å². The highest BCUT2D eigenvalue weighted by atomic mass is 16.5. The minimum atomic E-state index is 0.0411. The average molecular weight is 226 g/mol. The number of nitrogens with one attached hydrogen (secondary N) is 1. The maximum Gasteiger partial charge on any atom is 0.239 e. The number of carbonyl (C=O) groups is 1. The van der Waals surface area contributed by atoms with E-state index in [1.807, 2.05) is 4.90 Å². The Balaban J connectivity index is 1.87. The topological polar surface area (TPSA) is 41.6 Å². The van der Waals surface area contributed by atoms with Gasteiger partial charge in [0.05, 0.1) is 12.1 Å². The fourth-order valence-electron chi connectivity index (χ4n) is 2.64. The fraction of sp³-hybridized carbons (Fsp3) is 0.917. The van der Waals surface area contributed by atoms with E-state index in [1.54, 1.807) is 7.11 Å². The van der Waals surface area contributed by atoms with Gasteiger partial charge in [0.1, 0.15) is 0 Å². The van der Waals surface area contributed by atoms with Crippen LogP contribution in [0.25, 0.3) is 0 Å². The van der Waals surface area contributed by atoms with Crippen molar-refractivity contribution in [1.82, 2.24) is 10.2 Å². The van der Waals surface area contributed by atoms with Gasteiger partial charge in [0.25, 0.3) is 0 Å². The Kier molecular flexibility index (Phi) is 3.82. The van der Waals surface area contributed by atoms with Crippen molar-refractivity contribution in [3.05, 3.63) is 0 Å². The van der Waals surface area contributed by atoms with Crippen molar-refractivity contribution in [3.8, 4) is 0 Å². The van der Waals surface area contributed by atoms with Crippen LogP contribution in [0.15, 0.2) is 0 Å². The van der Waals surface area contributed by atoms with E-state index < -0.39 is 0 Å². The molecule has 2 rings (SSSR count). The standard InChI is InChI=1S/C12H22N2O2/c1-9-3-5-13-11(7-9)12(15)14-6-4-10(8-14)16-2/h9-11,13H,3-8H2,1-2H3. The molecule has 0 radical (unpaired) electrons. The van der Waals surface area contributed by atoms with Crippen LogP contribution in [0, 0.1) is 5.92 Å². The Morgan fingerprint density at radius 2 is 2.25 bits per heavy atom. The van der Waals surface area contributed by atoms with Crippen molar-refractivity contribution in [2.45, 2.75) is 38.3 Å². The highest BCUT2D eigenvalue weighted by molar-refractivity contribution is 5.82. The fourth-order valence-corrected chi connectivity index (χ4v) is 2.64. The molecule has 0 bridgehead atoms. The molecule has 3 atom stereocenters. The molecule has 0 aromatic rings. The minimum absolute atomic E-state index is 0.0411. The predicted octanol–water partition coefficient (Wildman–Crippen LogP) is 0.622. The largest absolute Gasteiger partial charge is 0.380 e. The van der Waals surface area contributed by atoms with Gasteiger partial charge in [-0.1, -0.05) is 6.92 Å². The number of carbonyl (C=O) groups excluding carboxylic acids is 1. The maximum atomic E-state index is 12.2. The van der Waals surface area contributed by atoms with Crippen molar-refractivity contribution in [1.29, 1.82) is 0 Å². The molecule has 2 aliphatic heterocycles. The lowest BCUT2D eigenvalue weighted by atomic mass is 9.93. The van der Waals surface area contributed by atoms with Crippen molar-refractivity contribution in [3.63, 3.8) is 0 Å². The molecular weight excluding hydrogens is 204 g/mol. The van der Waals surface area contributed by atoms with Crippen LogP contribution in [0.2, 0.25) is 0 Å². The lowest BCUT2D eigenvalue weighted by Gasteiger charge is -2.30. The van der Waals surface area contributed by atoms with Crippen molar-refractivity contribution in [2.24, 2.45) is 5.92 Å². The molecule has 0 spiro atoms. The summed E-state index contributed by atoms with van der Waals surface area (Å²) in [5.74, 6) is 0.933.